The Balaban J connectivity index is 0.000000210. The number of nitrogens with one attached hydrogen (secondary N) is 1. The van der Waals surface area contributed by atoms with Gasteiger partial charge in [-0.15, -0.1) is 0 Å². The average molecular weight is 630 g/mol. The van der Waals surface area contributed by atoms with Gasteiger partial charge in [-0.3, -0.25) is 4.99 Å². The van der Waals surface area contributed by atoms with Gasteiger partial charge < -0.3 is 10.7 Å². The van der Waals surface area contributed by atoms with Crippen LogP contribution in [0.5, 0.6) is 0 Å². The van der Waals surface area contributed by atoms with Crippen molar-refractivity contribution in [2.75, 3.05) is 7.05 Å². The molecule has 0 amide bonds. The average Bonchev–Trinajstić information content (AvgIpc) is 3.47. The summed E-state index contributed by atoms with van der Waals surface area (Å²) in [5.41, 5.74) is -0.897. The number of hydrogen-bond acceptors (Lipinski definition) is 5. The molecule has 0 atom stereocenters. The summed E-state index contributed by atoms with van der Waals surface area (Å²) >= 11 is -2.77. The first kappa shape index (κ1) is 30.8. The Bertz CT molecular complexity index is 1800. The van der Waals surface area contributed by atoms with Crippen LogP contribution in [0.3, 0.4) is 0 Å². The third-order valence-electron chi connectivity index (χ3n) is 6.84. The molecule has 4 aromatic carbocycles. The summed E-state index contributed by atoms with van der Waals surface area (Å²) in [5.74, 6) is 1.69. The van der Waals surface area contributed by atoms with E-state index in [2.05, 4.69) is 132 Å². The van der Waals surface area contributed by atoms with E-state index in [0.29, 0.717) is 0 Å². The van der Waals surface area contributed by atoms with Gasteiger partial charge in [0.25, 0.3) is 0 Å². The van der Waals surface area contributed by atoms with Crippen molar-refractivity contribution >= 4 is 42.7 Å². The number of benzene rings is 4. The fraction of sp³-hybridized carbons (Fsp3) is 0.0278. The van der Waals surface area contributed by atoms with Gasteiger partial charge in [0.05, 0.1) is 16.8 Å². The van der Waals surface area contributed by atoms with E-state index >= 15 is 0 Å². The first-order valence-corrected chi connectivity index (χ1v) is 17.1. The minimum absolute atomic E-state index is 0.0250. The van der Waals surface area contributed by atoms with E-state index in [4.69, 9.17) is 26.5 Å². The topological polar surface area (TPSA) is 142 Å². The molecule has 0 saturated carbocycles. The van der Waals surface area contributed by atoms with Crippen molar-refractivity contribution in [1.82, 2.24) is 5.32 Å². The molecular weight excluding hydrogens is 605 g/mol. The predicted octanol–water partition coefficient (Wildman–Crippen LogP) is 3.49. The van der Waals surface area contributed by atoms with Crippen molar-refractivity contribution < 1.29 is 0 Å². The minimum atomic E-state index is -2.77. The number of amidine groups is 1. The molecule has 0 bridgehead atoms. The van der Waals surface area contributed by atoms with Crippen LogP contribution in [-0.2, 0) is 0 Å². The van der Waals surface area contributed by atoms with Gasteiger partial charge in [-0.05, 0) is 0 Å². The van der Waals surface area contributed by atoms with E-state index in [1.54, 1.807) is 30.1 Å². The molecule has 0 saturated heterocycles. The van der Waals surface area contributed by atoms with Crippen molar-refractivity contribution in [3.63, 3.8) is 0 Å². The van der Waals surface area contributed by atoms with Crippen LogP contribution in [0.1, 0.15) is 0 Å². The zero-order valence-corrected chi connectivity index (χ0v) is 25.6. The molecule has 0 fully saturated rings. The molecule has 0 aliphatic carbocycles. The molecule has 44 heavy (non-hydrogen) atoms. The van der Waals surface area contributed by atoms with E-state index in [1.807, 2.05) is 0 Å². The fourth-order valence-corrected chi connectivity index (χ4v) is 13.9. The number of allylic oxidation sites excluding steroid dienone is 3. The zero-order valence-electron chi connectivity index (χ0n) is 23.7. The quantitative estimate of drug-likeness (QED) is 0.204. The van der Waals surface area contributed by atoms with Gasteiger partial charge in [-0.25, -0.2) is 5.87 Å². The van der Waals surface area contributed by atoms with Gasteiger partial charge in [0.1, 0.15) is 41.3 Å². The van der Waals surface area contributed by atoms with Gasteiger partial charge >= 0.3 is 152 Å². The second-order valence-electron chi connectivity index (χ2n) is 9.14. The summed E-state index contributed by atoms with van der Waals surface area (Å²) in [6, 6.07) is 51.0. The van der Waals surface area contributed by atoms with E-state index in [0.717, 1.165) is 0 Å². The molecular formula is C36H24AsN7. The molecule has 4 aromatic rings. The molecule has 5 rings (SSSR count). The summed E-state index contributed by atoms with van der Waals surface area (Å²) in [6.45, 7) is 0. The SMILES string of the molecule is CN=C1N/C(=C(/C#N)C(=C=[N-])C#N)C(C#N)=C1C#N.c1ccc([As+](c2ccccc2)(c2ccccc2)c2ccccc2)cc1. The Morgan fingerprint density at radius 1 is 0.614 bits per heavy atom. The van der Waals surface area contributed by atoms with Gasteiger partial charge in [0.2, 0.25) is 0 Å². The fourth-order valence-electron chi connectivity index (χ4n) is 4.94. The summed E-state index contributed by atoms with van der Waals surface area (Å²) in [6.07, 6.45) is 0. The van der Waals surface area contributed by atoms with Crippen LogP contribution >= 0.6 is 0 Å². The number of aliphatic imine (C=N–C) groups is 1. The van der Waals surface area contributed by atoms with Crippen LogP contribution in [-0.4, -0.2) is 32.3 Å². The molecule has 1 heterocycles. The van der Waals surface area contributed by atoms with E-state index in [1.165, 1.54) is 24.5 Å². The molecule has 208 valence electrons. The molecule has 1 aliphatic rings. The standard InChI is InChI=1S/C24H20As.C12H4N7/c1-5-13-21(14-6-1)25(22-15-7-2-8-16-22,23-17-9-3-10-18-23)24-19-11-4-12-20-24;1-18-12-10(6-17)9(5-16)11(19-12)8(4-15)7(2-13)3-14/h1-20H;1H3,(H,18,19)/q+1;-1/b;11-8-. The Kier molecular flexibility index (Phi) is 10.2. The summed E-state index contributed by atoms with van der Waals surface area (Å²) in [7, 11) is 1.41. The first-order valence-electron chi connectivity index (χ1n) is 13.3. The van der Waals surface area contributed by atoms with Gasteiger partial charge in [-0.2, -0.15) is 21.0 Å². The van der Waals surface area contributed by atoms with Crippen LogP contribution in [0.25, 0.3) is 5.41 Å². The Labute approximate surface area is 259 Å². The first-order chi connectivity index (χ1) is 21.6. The molecule has 0 spiro atoms. The Morgan fingerprint density at radius 2 is 1.00 bits per heavy atom. The van der Waals surface area contributed by atoms with E-state index in [9.17, 15) is 0 Å². The molecule has 0 aromatic heterocycles. The van der Waals surface area contributed by atoms with Gasteiger partial charge in [0.15, 0.2) is 0 Å². The number of nitriles is 4. The van der Waals surface area contributed by atoms with Crippen LogP contribution < -0.4 is 22.7 Å². The second-order valence-corrected chi connectivity index (χ2v) is 16.3. The second kappa shape index (κ2) is 14.6. The Morgan fingerprint density at radius 3 is 1.27 bits per heavy atom. The van der Waals surface area contributed by atoms with E-state index < -0.39 is 19.1 Å². The number of rotatable bonds is 5. The maximum absolute atomic E-state index is 9.05. The van der Waals surface area contributed by atoms with Crippen LogP contribution in [0.15, 0.2) is 154 Å². The van der Waals surface area contributed by atoms with Crippen molar-refractivity contribution in [3.05, 3.63) is 155 Å². The van der Waals surface area contributed by atoms with Crippen molar-refractivity contribution in [2.24, 2.45) is 4.99 Å². The van der Waals surface area contributed by atoms with Crippen molar-refractivity contribution in [3.8, 4) is 24.3 Å². The molecule has 7 nitrogen and oxygen atoms in total. The predicted molar refractivity (Wildman–Crippen MR) is 175 cm³/mol. The maximum atomic E-state index is 9.05. The van der Waals surface area contributed by atoms with Crippen LogP contribution in [0.4, 0.5) is 0 Å². The van der Waals surface area contributed by atoms with Crippen LogP contribution in [0.2, 0.25) is 0 Å². The van der Waals surface area contributed by atoms with Crippen molar-refractivity contribution in [2.45, 2.75) is 0 Å². The molecule has 0 radical (unpaired) electrons. The van der Waals surface area contributed by atoms with Crippen molar-refractivity contribution in [1.29, 1.82) is 21.0 Å². The number of hydrogen-bond donors (Lipinski definition) is 1. The normalized spacial score (nSPS) is 13.9. The zero-order chi connectivity index (χ0) is 31.4. The summed E-state index contributed by atoms with van der Waals surface area (Å²) in [5, 5.41) is 47.2. The van der Waals surface area contributed by atoms with Crippen LogP contribution in [0, 0.1) is 45.3 Å². The third kappa shape index (κ3) is 5.89. The molecule has 8 heteroatoms. The molecule has 1 aliphatic heterocycles. The number of nitrogens with zero attached hydrogens (tertiary/aromatic N) is 6. The third-order valence-corrected chi connectivity index (χ3v) is 15.8. The molecule has 0 unspecified atom stereocenters. The van der Waals surface area contributed by atoms with E-state index in [-0.39, 0.29) is 28.3 Å². The summed E-state index contributed by atoms with van der Waals surface area (Å²) in [4.78, 5) is 3.77. The van der Waals surface area contributed by atoms with Gasteiger partial charge in [0, 0.05) is 7.05 Å². The van der Waals surface area contributed by atoms with Gasteiger partial charge in [-0.1, -0.05) is 0 Å². The monoisotopic (exact) mass is 629 g/mol. The Hall–Kier alpha value is -6.20. The summed E-state index contributed by atoms with van der Waals surface area (Å²) < 4.78 is 5.79. The molecule has 1 N–H and O–H groups in total.